The summed E-state index contributed by atoms with van der Waals surface area (Å²) in [6.07, 6.45) is 6.50. The maximum absolute atomic E-state index is 13.1. The maximum Gasteiger partial charge on any atom is 0.264 e. The van der Waals surface area contributed by atoms with Gasteiger partial charge in [0.25, 0.3) is 10.0 Å². The highest BCUT2D eigenvalue weighted by Gasteiger charge is 2.32. The second-order valence-electron chi connectivity index (χ2n) is 8.00. The summed E-state index contributed by atoms with van der Waals surface area (Å²) in [7, 11) is -3.83. The Labute approximate surface area is 176 Å². The normalized spacial score (nSPS) is 16.7. The number of nitrogens with one attached hydrogen (secondary N) is 1. The largest absolute Gasteiger partial charge is 0.312 e. The number of fused-ring (bicyclic) bond motifs is 2. The zero-order valence-electron chi connectivity index (χ0n) is 16.5. The summed E-state index contributed by atoms with van der Waals surface area (Å²) in [5, 5.41) is 0.766. The second-order valence-corrected chi connectivity index (χ2v) is 9.65. The molecule has 1 aliphatic heterocycles. The number of anilines is 2. The molecule has 1 aliphatic carbocycles. The molecule has 0 atom stereocenters. The quantitative estimate of drug-likeness (QED) is 0.687. The summed E-state index contributed by atoms with van der Waals surface area (Å²) in [5.74, 6) is 0.266. The van der Waals surface area contributed by atoms with E-state index in [1.165, 1.54) is 0 Å². The van der Waals surface area contributed by atoms with Crippen LogP contribution in [0, 0.1) is 5.92 Å². The number of benzene rings is 2. The van der Waals surface area contributed by atoms with Crippen LogP contribution in [-0.4, -0.2) is 25.9 Å². The number of carbonyl (C=O) groups is 1. The number of aromatic nitrogens is 1. The highest BCUT2D eigenvalue weighted by molar-refractivity contribution is 7.93. The summed E-state index contributed by atoms with van der Waals surface area (Å²) in [4.78, 5) is 19.2. The van der Waals surface area contributed by atoms with E-state index in [-0.39, 0.29) is 16.7 Å². The van der Waals surface area contributed by atoms with Crippen LogP contribution < -0.4 is 9.62 Å². The van der Waals surface area contributed by atoms with Gasteiger partial charge in [-0.05, 0) is 49.1 Å². The number of hydrogen-bond donors (Lipinski definition) is 1. The molecule has 1 fully saturated rings. The van der Waals surface area contributed by atoms with E-state index in [1.807, 2.05) is 23.1 Å². The molecule has 5 rings (SSSR count). The molecule has 1 aromatic heterocycles. The van der Waals surface area contributed by atoms with Crippen molar-refractivity contribution in [3.05, 3.63) is 60.3 Å². The third kappa shape index (κ3) is 3.33. The van der Waals surface area contributed by atoms with Crippen molar-refractivity contribution >= 4 is 38.2 Å². The van der Waals surface area contributed by atoms with Crippen molar-refractivity contribution in [1.29, 1.82) is 0 Å². The monoisotopic (exact) mass is 421 g/mol. The predicted octanol–water partition coefficient (Wildman–Crippen LogP) is 4.11. The fourth-order valence-electron chi connectivity index (χ4n) is 4.57. The number of sulfonamides is 1. The van der Waals surface area contributed by atoms with E-state index in [2.05, 4.69) is 9.71 Å². The standard InChI is InChI=1S/C23H23N3O3S/c27-23(18-5-1-2-6-18)26-14-12-16-10-11-19(15-20(16)26)25-30(28,29)21-9-3-7-17-8-4-13-24-22(17)21/h3-4,7-11,13,15,18,25H,1-2,5-6,12,14H2. The molecular weight excluding hydrogens is 398 g/mol. The Morgan fingerprint density at radius 3 is 2.70 bits per heavy atom. The van der Waals surface area contributed by atoms with Gasteiger partial charge in [0, 0.05) is 29.7 Å². The van der Waals surface area contributed by atoms with Crippen LogP contribution >= 0.6 is 0 Å². The minimum atomic E-state index is -3.83. The summed E-state index contributed by atoms with van der Waals surface area (Å²) >= 11 is 0. The van der Waals surface area contributed by atoms with Crippen LogP contribution in [0.15, 0.2) is 59.6 Å². The van der Waals surface area contributed by atoms with Crippen molar-refractivity contribution in [1.82, 2.24) is 4.98 Å². The zero-order chi connectivity index (χ0) is 20.7. The predicted molar refractivity (Wildman–Crippen MR) is 117 cm³/mol. The molecule has 0 bridgehead atoms. The van der Waals surface area contributed by atoms with Gasteiger partial charge in [-0.3, -0.25) is 14.5 Å². The number of para-hydroxylation sites is 1. The van der Waals surface area contributed by atoms with Crippen molar-refractivity contribution in [3.63, 3.8) is 0 Å². The minimum Gasteiger partial charge on any atom is -0.312 e. The molecule has 0 spiro atoms. The lowest BCUT2D eigenvalue weighted by Gasteiger charge is -2.22. The van der Waals surface area contributed by atoms with Crippen molar-refractivity contribution in [2.24, 2.45) is 5.92 Å². The number of carbonyl (C=O) groups excluding carboxylic acids is 1. The number of amides is 1. The molecule has 30 heavy (non-hydrogen) atoms. The van der Waals surface area contributed by atoms with Crippen molar-refractivity contribution in [2.45, 2.75) is 37.0 Å². The van der Waals surface area contributed by atoms with Gasteiger partial charge in [0.15, 0.2) is 0 Å². The number of rotatable bonds is 4. The first kappa shape index (κ1) is 19.1. The zero-order valence-corrected chi connectivity index (χ0v) is 17.4. The van der Waals surface area contributed by atoms with Crippen molar-refractivity contribution in [2.75, 3.05) is 16.2 Å². The summed E-state index contributed by atoms with van der Waals surface area (Å²) in [6, 6.07) is 14.2. The molecule has 0 saturated heterocycles. The molecule has 1 saturated carbocycles. The van der Waals surface area contributed by atoms with Crippen molar-refractivity contribution in [3.8, 4) is 0 Å². The molecule has 0 unspecified atom stereocenters. The Morgan fingerprint density at radius 1 is 1.07 bits per heavy atom. The first-order valence-corrected chi connectivity index (χ1v) is 11.8. The molecule has 3 aromatic rings. The Balaban J connectivity index is 1.46. The van der Waals surface area contributed by atoms with Gasteiger partial charge in [-0.15, -0.1) is 0 Å². The Kier molecular flexibility index (Phi) is 4.70. The van der Waals surface area contributed by atoms with E-state index in [4.69, 9.17) is 0 Å². The topological polar surface area (TPSA) is 79.4 Å². The third-order valence-corrected chi connectivity index (χ3v) is 7.50. The van der Waals surface area contributed by atoms with Gasteiger partial charge in [0.1, 0.15) is 4.90 Å². The van der Waals surface area contributed by atoms with Gasteiger partial charge in [-0.25, -0.2) is 8.42 Å². The number of hydrogen-bond acceptors (Lipinski definition) is 4. The van der Waals surface area contributed by atoms with Crippen LogP contribution in [0.2, 0.25) is 0 Å². The number of pyridine rings is 1. The molecule has 1 amide bonds. The average molecular weight is 422 g/mol. The maximum atomic E-state index is 13.1. The van der Waals surface area contributed by atoms with Crippen LogP contribution in [0.1, 0.15) is 31.2 Å². The second kappa shape index (κ2) is 7.40. The van der Waals surface area contributed by atoms with E-state index >= 15 is 0 Å². The Morgan fingerprint density at radius 2 is 1.87 bits per heavy atom. The molecule has 2 aliphatic rings. The van der Waals surface area contributed by atoms with E-state index in [0.29, 0.717) is 17.7 Å². The highest BCUT2D eigenvalue weighted by Crippen LogP contribution is 2.35. The molecule has 1 N–H and O–H groups in total. The molecule has 154 valence electrons. The van der Waals surface area contributed by atoms with Crippen molar-refractivity contribution < 1.29 is 13.2 Å². The van der Waals surface area contributed by atoms with Gasteiger partial charge in [-0.1, -0.05) is 37.1 Å². The molecular formula is C23H23N3O3S. The fourth-order valence-corrected chi connectivity index (χ4v) is 5.80. The van der Waals surface area contributed by atoms with Gasteiger partial charge in [-0.2, -0.15) is 0 Å². The van der Waals surface area contributed by atoms with E-state index in [9.17, 15) is 13.2 Å². The fraction of sp³-hybridized carbons (Fsp3) is 0.304. The molecule has 2 heterocycles. The lowest BCUT2D eigenvalue weighted by Crippen LogP contribution is -2.33. The smallest absolute Gasteiger partial charge is 0.264 e. The van der Waals surface area contributed by atoms with E-state index in [1.54, 1.807) is 36.5 Å². The lowest BCUT2D eigenvalue weighted by atomic mass is 10.1. The van der Waals surface area contributed by atoms with Crippen LogP contribution in [0.4, 0.5) is 11.4 Å². The number of nitrogens with zero attached hydrogens (tertiary/aromatic N) is 2. The molecule has 6 nitrogen and oxygen atoms in total. The Bertz CT molecular complexity index is 1230. The van der Waals surface area contributed by atoms with E-state index < -0.39 is 10.0 Å². The minimum absolute atomic E-state index is 0.0954. The van der Waals surface area contributed by atoms with Crippen LogP contribution in [0.3, 0.4) is 0 Å². The first-order valence-electron chi connectivity index (χ1n) is 10.3. The highest BCUT2D eigenvalue weighted by atomic mass is 32.2. The molecule has 0 radical (unpaired) electrons. The molecule has 7 heteroatoms. The summed E-state index contributed by atoms with van der Waals surface area (Å²) < 4.78 is 28.9. The van der Waals surface area contributed by atoms with Gasteiger partial charge >= 0.3 is 0 Å². The lowest BCUT2D eigenvalue weighted by molar-refractivity contribution is -0.122. The first-order chi connectivity index (χ1) is 14.5. The average Bonchev–Trinajstić information content (AvgIpc) is 3.42. The van der Waals surface area contributed by atoms with Crippen LogP contribution in [0.25, 0.3) is 10.9 Å². The SMILES string of the molecule is O=C(C1CCCC1)N1CCc2ccc(NS(=O)(=O)c3cccc4cccnc34)cc21. The van der Waals surface area contributed by atoms with Crippen LogP contribution in [0.5, 0.6) is 0 Å². The van der Waals surface area contributed by atoms with Gasteiger partial charge < -0.3 is 4.90 Å². The summed E-state index contributed by atoms with van der Waals surface area (Å²) in [6.45, 7) is 0.661. The third-order valence-electron chi connectivity index (χ3n) is 6.09. The van der Waals surface area contributed by atoms with E-state index in [0.717, 1.165) is 48.7 Å². The summed E-state index contributed by atoms with van der Waals surface area (Å²) in [5.41, 5.74) is 2.79. The van der Waals surface area contributed by atoms with Gasteiger partial charge in [0.05, 0.1) is 11.2 Å². The van der Waals surface area contributed by atoms with Gasteiger partial charge in [0.2, 0.25) is 5.91 Å². The molecule has 2 aromatic carbocycles. The van der Waals surface area contributed by atoms with Crippen LogP contribution in [-0.2, 0) is 21.2 Å². The Hall–Kier alpha value is -2.93.